The number of hydrogen-bond donors (Lipinski definition) is 0. The number of amides is 1. The van der Waals surface area contributed by atoms with E-state index in [0.717, 1.165) is 43.6 Å². The van der Waals surface area contributed by atoms with Crippen LogP contribution in [0, 0.1) is 0 Å². The van der Waals surface area contributed by atoms with Gasteiger partial charge in [-0.1, -0.05) is 41.9 Å². The average Bonchev–Trinajstić information content (AvgIpc) is 3.60. The van der Waals surface area contributed by atoms with Crippen molar-refractivity contribution in [1.29, 1.82) is 0 Å². The van der Waals surface area contributed by atoms with E-state index in [2.05, 4.69) is 52.3 Å². The van der Waals surface area contributed by atoms with E-state index >= 15 is 0 Å². The molecule has 2 atom stereocenters. The molecule has 0 unspecified atom stereocenters. The zero-order valence-electron chi connectivity index (χ0n) is 27.5. The number of fused-ring (bicyclic) bond motifs is 1. The smallest absolute Gasteiger partial charge is 0.410 e. The summed E-state index contributed by atoms with van der Waals surface area (Å²) in [5, 5.41) is 0.528. The highest BCUT2D eigenvalue weighted by molar-refractivity contribution is 6.33. The Labute approximate surface area is 275 Å². The summed E-state index contributed by atoms with van der Waals surface area (Å²) in [5.74, 6) is 1.86. The predicted molar refractivity (Wildman–Crippen MR) is 179 cm³/mol. The van der Waals surface area contributed by atoms with Gasteiger partial charge < -0.3 is 23.7 Å². The van der Waals surface area contributed by atoms with Crippen molar-refractivity contribution in [2.45, 2.75) is 84.2 Å². The topological polar surface area (TPSA) is 94.8 Å². The largest absolute Gasteiger partial charge is 0.492 e. The molecular weight excluding hydrogens is 604 g/mol. The number of ether oxygens (including phenoxy) is 3. The lowest BCUT2D eigenvalue weighted by Crippen LogP contribution is -2.59. The lowest BCUT2D eigenvalue weighted by molar-refractivity contribution is -0.0163. The number of imidazole rings is 1. The molecule has 1 saturated heterocycles. The number of halogens is 1. The third-order valence-electron chi connectivity index (χ3n) is 8.44. The van der Waals surface area contributed by atoms with Crippen LogP contribution in [0.2, 0.25) is 5.02 Å². The second-order valence-corrected chi connectivity index (χ2v) is 14.2. The number of nitrogens with zero attached hydrogens (tertiary/aromatic N) is 6. The van der Waals surface area contributed by atoms with Gasteiger partial charge in [-0.05, 0) is 78.1 Å². The molecule has 244 valence electrons. The Bertz CT molecular complexity index is 1690. The minimum absolute atomic E-state index is 0.0326. The number of carbonyl (C=O) groups excluding carboxylic acids is 1. The molecule has 6 rings (SSSR count). The summed E-state index contributed by atoms with van der Waals surface area (Å²) in [5.41, 5.74) is 2.47. The van der Waals surface area contributed by atoms with Crippen LogP contribution in [0.1, 0.15) is 59.9 Å². The second kappa shape index (κ2) is 12.7. The van der Waals surface area contributed by atoms with Crippen molar-refractivity contribution in [2.24, 2.45) is 0 Å². The van der Waals surface area contributed by atoms with Gasteiger partial charge in [0.25, 0.3) is 0 Å². The van der Waals surface area contributed by atoms with Crippen LogP contribution in [-0.4, -0.2) is 84.9 Å². The Morgan fingerprint density at radius 2 is 1.76 bits per heavy atom. The number of rotatable bonds is 9. The molecule has 46 heavy (non-hydrogen) atoms. The lowest BCUT2D eigenvalue weighted by atomic mass is 10.1. The molecule has 2 aromatic carbocycles. The van der Waals surface area contributed by atoms with Gasteiger partial charge in [-0.15, -0.1) is 0 Å². The van der Waals surface area contributed by atoms with E-state index in [1.54, 1.807) is 0 Å². The van der Waals surface area contributed by atoms with E-state index in [4.69, 9.17) is 30.8 Å². The standard InChI is InChI=1S/C35H43ClN6O4/c1-23-19-40(20-24(2)42(23)33(43)46-34(3,4)5)16-17-44-26-12-13-27(28(36)18-26)30-39-29-31(41(30)21-25-10-8-7-9-11-25)37-22-38-32(29)45-35(6)14-15-35/h7-13,18,22-24H,14-17,19-21H2,1-6H3/t23-,24+. The van der Waals surface area contributed by atoms with Crippen LogP contribution >= 0.6 is 11.6 Å². The zero-order chi connectivity index (χ0) is 32.6. The molecular formula is C35H43ClN6O4. The molecule has 2 aromatic heterocycles. The summed E-state index contributed by atoms with van der Waals surface area (Å²) >= 11 is 6.92. The number of piperazine rings is 1. The summed E-state index contributed by atoms with van der Waals surface area (Å²) < 4.78 is 20.1. The summed E-state index contributed by atoms with van der Waals surface area (Å²) in [6.07, 6.45) is 3.25. The van der Waals surface area contributed by atoms with Gasteiger partial charge in [0, 0.05) is 37.3 Å². The number of benzene rings is 2. The van der Waals surface area contributed by atoms with Crippen molar-refractivity contribution in [3.63, 3.8) is 0 Å². The van der Waals surface area contributed by atoms with E-state index in [9.17, 15) is 4.79 Å². The van der Waals surface area contributed by atoms with Crippen molar-refractivity contribution in [3.8, 4) is 23.0 Å². The first-order chi connectivity index (χ1) is 21.9. The minimum Gasteiger partial charge on any atom is -0.492 e. The first kappa shape index (κ1) is 32.1. The second-order valence-electron chi connectivity index (χ2n) is 13.7. The van der Waals surface area contributed by atoms with Crippen LogP contribution < -0.4 is 9.47 Å². The molecule has 1 aliphatic carbocycles. The summed E-state index contributed by atoms with van der Waals surface area (Å²) in [4.78, 5) is 31.0. The van der Waals surface area contributed by atoms with E-state index in [1.807, 2.05) is 62.1 Å². The summed E-state index contributed by atoms with van der Waals surface area (Å²) in [6, 6.07) is 16.0. The van der Waals surface area contributed by atoms with Crippen LogP contribution in [0.4, 0.5) is 4.79 Å². The first-order valence-corrected chi connectivity index (χ1v) is 16.4. The monoisotopic (exact) mass is 646 g/mol. The molecule has 0 spiro atoms. The molecule has 1 saturated carbocycles. The van der Waals surface area contributed by atoms with Crippen LogP contribution in [-0.2, 0) is 11.3 Å². The lowest BCUT2D eigenvalue weighted by Gasteiger charge is -2.44. The van der Waals surface area contributed by atoms with Crippen molar-refractivity contribution in [3.05, 3.63) is 65.4 Å². The maximum atomic E-state index is 12.8. The van der Waals surface area contributed by atoms with Crippen molar-refractivity contribution < 1.29 is 19.0 Å². The van der Waals surface area contributed by atoms with Gasteiger partial charge >= 0.3 is 6.09 Å². The first-order valence-electron chi connectivity index (χ1n) is 16.0. The summed E-state index contributed by atoms with van der Waals surface area (Å²) in [6.45, 7) is 15.2. The minimum atomic E-state index is -0.521. The fourth-order valence-electron chi connectivity index (χ4n) is 5.97. The van der Waals surface area contributed by atoms with Gasteiger partial charge in [0.05, 0.1) is 11.6 Å². The number of aromatic nitrogens is 4. The molecule has 0 bridgehead atoms. The molecule has 0 radical (unpaired) electrons. The molecule has 0 N–H and O–H groups in total. The molecule has 1 aliphatic heterocycles. The van der Waals surface area contributed by atoms with Gasteiger partial charge in [-0.2, -0.15) is 4.98 Å². The molecule has 2 aliphatic rings. The van der Waals surface area contributed by atoms with Crippen LogP contribution in [0.15, 0.2) is 54.9 Å². The third kappa shape index (κ3) is 7.23. The Hall–Kier alpha value is -3.89. The van der Waals surface area contributed by atoms with Gasteiger partial charge in [-0.25, -0.2) is 14.8 Å². The predicted octanol–water partition coefficient (Wildman–Crippen LogP) is 6.83. The fraction of sp³-hybridized carbons (Fsp3) is 0.486. The molecule has 2 fully saturated rings. The van der Waals surface area contributed by atoms with Gasteiger partial charge in [0.2, 0.25) is 5.88 Å². The SMILES string of the molecule is C[C@@H]1CN(CCOc2ccc(-c3nc4c(OC5(C)CC5)ncnc4n3Cc3ccccc3)c(Cl)c2)C[C@H](C)N1C(=O)OC(C)(C)C. The van der Waals surface area contributed by atoms with Crippen molar-refractivity contribution in [1.82, 2.24) is 29.3 Å². The molecule has 10 nitrogen and oxygen atoms in total. The number of hydrogen-bond acceptors (Lipinski definition) is 8. The molecule has 1 amide bonds. The Balaban J connectivity index is 1.17. The quantitative estimate of drug-likeness (QED) is 0.195. The summed E-state index contributed by atoms with van der Waals surface area (Å²) in [7, 11) is 0. The normalized spacial score (nSPS) is 19.7. The van der Waals surface area contributed by atoms with Crippen LogP contribution in [0.5, 0.6) is 11.6 Å². The highest BCUT2D eigenvalue weighted by atomic mass is 35.5. The number of carbonyl (C=O) groups is 1. The Kier molecular flexibility index (Phi) is 8.87. The van der Waals surface area contributed by atoms with E-state index in [1.165, 1.54) is 6.33 Å². The highest BCUT2D eigenvalue weighted by Gasteiger charge is 2.41. The van der Waals surface area contributed by atoms with Crippen molar-refractivity contribution >= 4 is 28.9 Å². The van der Waals surface area contributed by atoms with Crippen LogP contribution in [0.25, 0.3) is 22.6 Å². The molecule has 11 heteroatoms. The van der Waals surface area contributed by atoms with E-state index in [0.29, 0.717) is 46.8 Å². The fourth-order valence-corrected chi connectivity index (χ4v) is 6.23. The van der Waals surface area contributed by atoms with Crippen LogP contribution in [0.3, 0.4) is 0 Å². The zero-order valence-corrected chi connectivity index (χ0v) is 28.3. The van der Waals surface area contributed by atoms with E-state index in [-0.39, 0.29) is 23.8 Å². The third-order valence-corrected chi connectivity index (χ3v) is 8.75. The maximum Gasteiger partial charge on any atom is 0.410 e. The Morgan fingerprint density at radius 3 is 2.41 bits per heavy atom. The Morgan fingerprint density at radius 1 is 1.04 bits per heavy atom. The molecule has 4 aromatic rings. The van der Waals surface area contributed by atoms with E-state index < -0.39 is 5.60 Å². The average molecular weight is 647 g/mol. The van der Waals surface area contributed by atoms with Gasteiger partial charge in [-0.3, -0.25) is 4.90 Å². The highest BCUT2D eigenvalue weighted by Crippen LogP contribution is 2.41. The molecule has 3 heterocycles. The van der Waals surface area contributed by atoms with Gasteiger partial charge in [0.1, 0.15) is 35.7 Å². The maximum absolute atomic E-state index is 12.8. The van der Waals surface area contributed by atoms with Gasteiger partial charge in [0.15, 0.2) is 11.2 Å². The van der Waals surface area contributed by atoms with Crippen molar-refractivity contribution in [2.75, 3.05) is 26.2 Å².